The second kappa shape index (κ2) is 7.81. The van der Waals surface area contributed by atoms with E-state index in [0.29, 0.717) is 0 Å². The van der Waals surface area contributed by atoms with Crippen molar-refractivity contribution in [3.63, 3.8) is 0 Å². The first-order chi connectivity index (χ1) is 18.4. The first-order valence-electron chi connectivity index (χ1n) is 12.7. The van der Waals surface area contributed by atoms with Crippen LogP contribution >= 0.6 is 0 Å². The molecule has 0 aliphatic rings. The Morgan fingerprint density at radius 2 is 0.946 bits per heavy atom. The molecular weight excluding hydrogens is 448 g/mol. The normalized spacial score (nSPS) is 11.8. The van der Waals surface area contributed by atoms with Gasteiger partial charge in [-0.05, 0) is 55.6 Å². The molecule has 0 bridgehead atoms. The molecule has 0 N–H and O–H groups in total. The van der Waals surface area contributed by atoms with Crippen LogP contribution in [-0.2, 0) is 0 Å². The number of furan rings is 1. The monoisotopic (exact) mass is 470 g/mol. The lowest BCUT2D eigenvalue weighted by atomic mass is 9.85. The standard InChI is InChI=1S/C36H22O/c1-2-11-24-22-25(21-20-23(24)10-1)34-27-13-3-5-15-29(27)35(30-16-6-4-14-28(30)34)32-18-9-17-31-26-12-7-8-19-33(26)37-36(31)32/h1-22H. The van der Waals surface area contributed by atoms with E-state index < -0.39 is 0 Å². The Morgan fingerprint density at radius 1 is 0.378 bits per heavy atom. The Bertz CT molecular complexity index is 2090. The Kier molecular flexibility index (Phi) is 4.29. The number of benzene rings is 7. The van der Waals surface area contributed by atoms with Gasteiger partial charge in [0.15, 0.2) is 0 Å². The molecule has 172 valence electrons. The molecule has 0 aliphatic heterocycles. The van der Waals surface area contributed by atoms with Crippen molar-refractivity contribution in [2.75, 3.05) is 0 Å². The van der Waals surface area contributed by atoms with Crippen LogP contribution in [0.1, 0.15) is 0 Å². The lowest BCUT2D eigenvalue weighted by Crippen LogP contribution is -1.91. The SMILES string of the molecule is c1ccc2cc(-c3c4ccccc4c(-c4cccc5c4oc4ccccc45)c4ccccc34)ccc2c1. The maximum Gasteiger partial charge on any atom is 0.143 e. The van der Waals surface area contributed by atoms with E-state index in [1.807, 2.05) is 6.07 Å². The van der Waals surface area contributed by atoms with Crippen molar-refractivity contribution in [1.82, 2.24) is 0 Å². The van der Waals surface area contributed by atoms with Gasteiger partial charge < -0.3 is 4.42 Å². The highest BCUT2D eigenvalue weighted by molar-refractivity contribution is 6.24. The van der Waals surface area contributed by atoms with Gasteiger partial charge in [0.2, 0.25) is 0 Å². The van der Waals surface area contributed by atoms with Crippen molar-refractivity contribution < 1.29 is 4.42 Å². The van der Waals surface area contributed by atoms with Crippen molar-refractivity contribution in [3.8, 4) is 22.3 Å². The van der Waals surface area contributed by atoms with Crippen LogP contribution in [0.3, 0.4) is 0 Å². The van der Waals surface area contributed by atoms with E-state index in [2.05, 4.69) is 127 Å². The molecule has 0 spiro atoms. The van der Waals surface area contributed by atoms with Gasteiger partial charge in [-0.2, -0.15) is 0 Å². The second-order valence-corrected chi connectivity index (χ2v) is 9.68. The molecule has 1 aromatic heterocycles. The molecule has 8 aromatic rings. The molecule has 0 amide bonds. The summed E-state index contributed by atoms with van der Waals surface area (Å²) in [7, 11) is 0. The average Bonchev–Trinajstić information content (AvgIpc) is 3.35. The number of hydrogen-bond acceptors (Lipinski definition) is 1. The van der Waals surface area contributed by atoms with E-state index in [1.54, 1.807) is 0 Å². The fourth-order valence-electron chi connectivity index (χ4n) is 6.02. The predicted octanol–water partition coefficient (Wildman–Crippen LogP) is 10.4. The summed E-state index contributed by atoms with van der Waals surface area (Å²) in [5.74, 6) is 0. The van der Waals surface area contributed by atoms with Crippen LogP contribution in [0.4, 0.5) is 0 Å². The molecule has 1 heteroatoms. The van der Waals surface area contributed by atoms with Crippen LogP contribution in [0.5, 0.6) is 0 Å². The maximum atomic E-state index is 6.50. The average molecular weight is 471 g/mol. The van der Waals surface area contributed by atoms with Crippen molar-refractivity contribution in [1.29, 1.82) is 0 Å². The van der Waals surface area contributed by atoms with Gasteiger partial charge in [0.05, 0.1) is 0 Å². The highest BCUT2D eigenvalue weighted by Gasteiger charge is 2.20. The number of hydrogen-bond donors (Lipinski definition) is 0. The molecule has 0 unspecified atom stereocenters. The van der Waals surface area contributed by atoms with E-state index in [9.17, 15) is 0 Å². The fourth-order valence-corrected chi connectivity index (χ4v) is 6.02. The minimum atomic E-state index is 0.923. The minimum Gasteiger partial charge on any atom is -0.455 e. The van der Waals surface area contributed by atoms with E-state index in [4.69, 9.17) is 4.42 Å². The largest absolute Gasteiger partial charge is 0.455 e. The van der Waals surface area contributed by atoms with Crippen LogP contribution in [0.25, 0.3) is 76.5 Å². The van der Waals surface area contributed by atoms with Crippen molar-refractivity contribution in [2.24, 2.45) is 0 Å². The summed E-state index contributed by atoms with van der Waals surface area (Å²) in [6, 6.07) is 47.8. The highest BCUT2D eigenvalue weighted by atomic mass is 16.3. The lowest BCUT2D eigenvalue weighted by molar-refractivity contribution is 0.670. The third kappa shape index (κ3) is 2.98. The topological polar surface area (TPSA) is 13.1 Å². The molecular formula is C36H22O. The van der Waals surface area contributed by atoms with Crippen LogP contribution in [0.2, 0.25) is 0 Å². The zero-order valence-corrected chi connectivity index (χ0v) is 20.1. The molecule has 7 aromatic carbocycles. The van der Waals surface area contributed by atoms with E-state index in [1.165, 1.54) is 49.0 Å². The van der Waals surface area contributed by atoms with Crippen LogP contribution in [0, 0.1) is 0 Å². The molecule has 1 nitrogen and oxygen atoms in total. The van der Waals surface area contributed by atoms with E-state index >= 15 is 0 Å². The lowest BCUT2D eigenvalue weighted by Gasteiger charge is -2.18. The fraction of sp³-hybridized carbons (Fsp3) is 0. The van der Waals surface area contributed by atoms with Crippen LogP contribution in [-0.4, -0.2) is 0 Å². The zero-order valence-electron chi connectivity index (χ0n) is 20.1. The number of para-hydroxylation sites is 2. The summed E-state index contributed by atoms with van der Waals surface area (Å²) in [5, 5.41) is 9.78. The molecule has 0 fully saturated rings. The van der Waals surface area contributed by atoms with Gasteiger partial charge in [0.25, 0.3) is 0 Å². The molecule has 0 radical (unpaired) electrons. The Hall–Kier alpha value is -4.88. The van der Waals surface area contributed by atoms with Gasteiger partial charge in [-0.25, -0.2) is 0 Å². The number of fused-ring (bicyclic) bond motifs is 6. The molecule has 0 saturated carbocycles. The smallest absolute Gasteiger partial charge is 0.143 e. The maximum absolute atomic E-state index is 6.50. The zero-order chi connectivity index (χ0) is 24.3. The van der Waals surface area contributed by atoms with Crippen LogP contribution < -0.4 is 0 Å². The summed E-state index contributed by atoms with van der Waals surface area (Å²) in [6.07, 6.45) is 0. The predicted molar refractivity (Wildman–Crippen MR) is 157 cm³/mol. The Labute approximate surface area is 214 Å². The number of rotatable bonds is 2. The highest BCUT2D eigenvalue weighted by Crippen LogP contribution is 2.46. The van der Waals surface area contributed by atoms with Crippen molar-refractivity contribution in [2.45, 2.75) is 0 Å². The molecule has 37 heavy (non-hydrogen) atoms. The van der Waals surface area contributed by atoms with Gasteiger partial charge >= 0.3 is 0 Å². The van der Waals surface area contributed by atoms with Crippen molar-refractivity contribution >= 4 is 54.3 Å². The third-order valence-corrected chi connectivity index (χ3v) is 7.64. The molecule has 1 heterocycles. The van der Waals surface area contributed by atoms with Gasteiger partial charge in [-0.1, -0.05) is 121 Å². The third-order valence-electron chi connectivity index (χ3n) is 7.64. The Morgan fingerprint density at radius 3 is 1.68 bits per heavy atom. The first kappa shape index (κ1) is 20.3. The summed E-state index contributed by atoms with van der Waals surface area (Å²) >= 11 is 0. The van der Waals surface area contributed by atoms with Gasteiger partial charge in [-0.3, -0.25) is 0 Å². The van der Waals surface area contributed by atoms with Gasteiger partial charge in [-0.15, -0.1) is 0 Å². The molecule has 0 atom stereocenters. The van der Waals surface area contributed by atoms with Crippen molar-refractivity contribution in [3.05, 3.63) is 133 Å². The van der Waals surface area contributed by atoms with Gasteiger partial charge in [0, 0.05) is 21.9 Å². The molecule has 0 aliphatic carbocycles. The molecule has 8 rings (SSSR count). The minimum absolute atomic E-state index is 0.923. The second-order valence-electron chi connectivity index (χ2n) is 9.68. The quantitative estimate of drug-likeness (QED) is 0.229. The summed E-state index contributed by atoms with van der Waals surface area (Å²) in [4.78, 5) is 0. The van der Waals surface area contributed by atoms with E-state index in [0.717, 1.165) is 27.5 Å². The van der Waals surface area contributed by atoms with E-state index in [-0.39, 0.29) is 0 Å². The summed E-state index contributed by atoms with van der Waals surface area (Å²) in [5.41, 5.74) is 6.73. The molecule has 0 saturated heterocycles. The van der Waals surface area contributed by atoms with Gasteiger partial charge in [0.1, 0.15) is 11.2 Å². The van der Waals surface area contributed by atoms with Crippen LogP contribution in [0.15, 0.2) is 138 Å². The Balaban J connectivity index is 1.53. The first-order valence-corrected chi connectivity index (χ1v) is 12.7. The summed E-state index contributed by atoms with van der Waals surface area (Å²) in [6.45, 7) is 0. The summed E-state index contributed by atoms with van der Waals surface area (Å²) < 4.78 is 6.50.